The SMILES string of the molecule is Cc1cc2cc(F)c(C(=O)Nc3cccc(-c4nncn4C(C)C)n3)cc2n1CC1CC1. The van der Waals surface area contributed by atoms with E-state index in [4.69, 9.17) is 0 Å². The van der Waals surface area contributed by atoms with Gasteiger partial charge in [0.2, 0.25) is 0 Å². The fourth-order valence-corrected chi connectivity index (χ4v) is 4.01. The van der Waals surface area contributed by atoms with Gasteiger partial charge in [0, 0.05) is 29.2 Å². The first kappa shape index (κ1) is 20.4. The van der Waals surface area contributed by atoms with Crippen LogP contribution in [-0.4, -0.2) is 30.2 Å². The summed E-state index contributed by atoms with van der Waals surface area (Å²) in [5.74, 6) is 0.531. The van der Waals surface area contributed by atoms with Crippen LogP contribution in [0.5, 0.6) is 0 Å². The number of nitrogens with zero attached hydrogens (tertiary/aromatic N) is 5. The fourth-order valence-electron chi connectivity index (χ4n) is 4.01. The molecule has 0 bridgehead atoms. The average Bonchev–Trinajstić information content (AvgIpc) is 3.34. The van der Waals surface area contributed by atoms with E-state index in [0.717, 1.165) is 23.1 Å². The molecule has 7 nitrogen and oxygen atoms in total. The third kappa shape index (κ3) is 3.77. The Labute approximate surface area is 185 Å². The third-order valence-electron chi connectivity index (χ3n) is 5.93. The first-order chi connectivity index (χ1) is 15.4. The number of halogens is 1. The molecule has 32 heavy (non-hydrogen) atoms. The number of carbonyl (C=O) groups is 1. The minimum Gasteiger partial charge on any atom is -0.345 e. The Morgan fingerprint density at radius 1 is 1.25 bits per heavy atom. The molecular weight excluding hydrogens is 407 g/mol. The summed E-state index contributed by atoms with van der Waals surface area (Å²) in [6.07, 6.45) is 4.09. The number of pyridine rings is 1. The van der Waals surface area contributed by atoms with E-state index in [1.54, 1.807) is 30.6 Å². The number of aromatic nitrogens is 5. The number of anilines is 1. The van der Waals surface area contributed by atoms with Gasteiger partial charge in [-0.3, -0.25) is 4.79 Å². The molecule has 3 heterocycles. The summed E-state index contributed by atoms with van der Waals surface area (Å²) < 4.78 is 18.9. The number of amides is 1. The van der Waals surface area contributed by atoms with Gasteiger partial charge in [-0.1, -0.05) is 6.07 Å². The number of fused-ring (bicyclic) bond motifs is 1. The van der Waals surface area contributed by atoms with Crippen LogP contribution in [0.1, 0.15) is 48.8 Å². The first-order valence-electron chi connectivity index (χ1n) is 10.9. The largest absolute Gasteiger partial charge is 0.345 e. The van der Waals surface area contributed by atoms with Crippen LogP contribution in [-0.2, 0) is 6.54 Å². The van der Waals surface area contributed by atoms with E-state index in [1.807, 2.05) is 31.4 Å². The lowest BCUT2D eigenvalue weighted by Crippen LogP contribution is -2.15. The number of benzene rings is 1. The zero-order valence-corrected chi connectivity index (χ0v) is 18.3. The topological polar surface area (TPSA) is 77.6 Å². The van der Waals surface area contributed by atoms with Crippen molar-refractivity contribution in [3.63, 3.8) is 0 Å². The number of hydrogen-bond acceptors (Lipinski definition) is 4. The van der Waals surface area contributed by atoms with E-state index >= 15 is 0 Å². The summed E-state index contributed by atoms with van der Waals surface area (Å²) in [6, 6.07) is 10.5. The molecule has 1 aromatic carbocycles. The molecule has 5 rings (SSSR count). The summed E-state index contributed by atoms with van der Waals surface area (Å²) in [7, 11) is 0. The molecule has 4 aromatic rings. The van der Waals surface area contributed by atoms with Crippen molar-refractivity contribution in [3.8, 4) is 11.5 Å². The maximum Gasteiger partial charge on any atom is 0.259 e. The third-order valence-corrected chi connectivity index (χ3v) is 5.93. The first-order valence-corrected chi connectivity index (χ1v) is 10.9. The predicted molar refractivity (Wildman–Crippen MR) is 121 cm³/mol. The smallest absolute Gasteiger partial charge is 0.259 e. The average molecular weight is 433 g/mol. The van der Waals surface area contributed by atoms with Crippen LogP contribution in [0.3, 0.4) is 0 Å². The van der Waals surface area contributed by atoms with E-state index in [-0.39, 0.29) is 11.6 Å². The molecule has 8 heteroatoms. The number of aryl methyl sites for hydroxylation is 1. The fraction of sp³-hybridized carbons (Fsp3) is 0.333. The van der Waals surface area contributed by atoms with Crippen molar-refractivity contribution >= 4 is 22.6 Å². The van der Waals surface area contributed by atoms with Crippen molar-refractivity contribution in [2.75, 3.05) is 5.32 Å². The molecule has 1 aliphatic rings. The Morgan fingerprint density at radius 3 is 2.81 bits per heavy atom. The van der Waals surface area contributed by atoms with Crippen molar-refractivity contribution in [1.29, 1.82) is 0 Å². The molecule has 0 unspecified atom stereocenters. The van der Waals surface area contributed by atoms with Gasteiger partial charge in [0.05, 0.1) is 5.56 Å². The highest BCUT2D eigenvalue weighted by molar-refractivity contribution is 6.06. The lowest BCUT2D eigenvalue weighted by atomic mass is 10.1. The van der Waals surface area contributed by atoms with Crippen LogP contribution in [0.2, 0.25) is 0 Å². The van der Waals surface area contributed by atoms with Crippen LogP contribution in [0.25, 0.3) is 22.4 Å². The molecule has 1 aliphatic carbocycles. The summed E-state index contributed by atoms with van der Waals surface area (Å²) in [5.41, 5.74) is 2.55. The number of hydrogen-bond donors (Lipinski definition) is 1. The number of rotatable bonds is 6. The minimum atomic E-state index is -0.547. The Balaban J connectivity index is 1.45. The Hall–Kier alpha value is -3.55. The maximum atomic E-state index is 14.8. The second-order valence-corrected chi connectivity index (χ2v) is 8.75. The van der Waals surface area contributed by atoms with Gasteiger partial charge in [0.25, 0.3) is 5.91 Å². The highest BCUT2D eigenvalue weighted by Crippen LogP contribution is 2.33. The van der Waals surface area contributed by atoms with E-state index < -0.39 is 11.7 Å². The van der Waals surface area contributed by atoms with Crippen LogP contribution in [0.15, 0.2) is 42.7 Å². The highest BCUT2D eigenvalue weighted by atomic mass is 19.1. The van der Waals surface area contributed by atoms with Crippen LogP contribution < -0.4 is 5.32 Å². The molecule has 0 spiro atoms. The van der Waals surface area contributed by atoms with Crippen molar-refractivity contribution in [2.24, 2.45) is 5.92 Å². The molecule has 0 radical (unpaired) electrons. The van der Waals surface area contributed by atoms with Gasteiger partial charge in [-0.05, 0) is 69.9 Å². The van der Waals surface area contributed by atoms with Gasteiger partial charge in [-0.2, -0.15) is 0 Å². The summed E-state index contributed by atoms with van der Waals surface area (Å²) in [6.45, 7) is 6.98. The van der Waals surface area contributed by atoms with Gasteiger partial charge in [-0.25, -0.2) is 9.37 Å². The van der Waals surface area contributed by atoms with Gasteiger partial charge in [0.15, 0.2) is 5.82 Å². The molecule has 1 saturated carbocycles. The Morgan fingerprint density at radius 2 is 2.06 bits per heavy atom. The molecule has 0 saturated heterocycles. The van der Waals surface area contributed by atoms with Crippen molar-refractivity contribution in [1.82, 2.24) is 24.3 Å². The monoisotopic (exact) mass is 432 g/mol. The molecule has 0 atom stereocenters. The van der Waals surface area contributed by atoms with Crippen molar-refractivity contribution in [2.45, 2.75) is 46.2 Å². The lowest BCUT2D eigenvalue weighted by Gasteiger charge is -2.11. The molecule has 1 amide bonds. The second-order valence-electron chi connectivity index (χ2n) is 8.75. The minimum absolute atomic E-state index is 0.00481. The zero-order valence-electron chi connectivity index (χ0n) is 18.3. The quantitative estimate of drug-likeness (QED) is 0.466. The van der Waals surface area contributed by atoms with Crippen LogP contribution >= 0.6 is 0 Å². The standard InChI is InChI=1S/C24H25FN6O/c1-14(2)31-13-26-29-23(31)20-5-4-6-22(27-20)28-24(32)18-11-21-17(10-19(18)25)9-15(3)30(21)12-16-7-8-16/h4-6,9-11,13-14,16H,7-8,12H2,1-3H3,(H,27,28,32). The second kappa shape index (κ2) is 7.85. The van der Waals surface area contributed by atoms with Crippen molar-refractivity contribution < 1.29 is 9.18 Å². The van der Waals surface area contributed by atoms with Gasteiger partial charge < -0.3 is 14.5 Å². The van der Waals surface area contributed by atoms with Crippen LogP contribution in [0, 0.1) is 18.7 Å². The van der Waals surface area contributed by atoms with E-state index in [9.17, 15) is 9.18 Å². The summed E-state index contributed by atoms with van der Waals surface area (Å²) >= 11 is 0. The van der Waals surface area contributed by atoms with Gasteiger partial charge >= 0.3 is 0 Å². The van der Waals surface area contributed by atoms with Gasteiger partial charge in [-0.15, -0.1) is 10.2 Å². The molecule has 3 aromatic heterocycles. The van der Waals surface area contributed by atoms with E-state index in [2.05, 4.69) is 25.1 Å². The molecule has 1 fully saturated rings. The predicted octanol–water partition coefficient (Wildman–Crippen LogP) is 4.99. The summed E-state index contributed by atoms with van der Waals surface area (Å²) in [5, 5.41) is 11.7. The normalized spacial score (nSPS) is 13.8. The van der Waals surface area contributed by atoms with Crippen LogP contribution in [0.4, 0.5) is 10.2 Å². The molecule has 1 N–H and O–H groups in total. The van der Waals surface area contributed by atoms with E-state index in [0.29, 0.717) is 23.3 Å². The molecular formula is C24H25FN6O. The number of nitrogens with one attached hydrogen (secondary N) is 1. The van der Waals surface area contributed by atoms with E-state index in [1.165, 1.54) is 18.9 Å². The maximum absolute atomic E-state index is 14.8. The zero-order chi connectivity index (χ0) is 22.4. The van der Waals surface area contributed by atoms with Gasteiger partial charge in [0.1, 0.15) is 23.7 Å². The highest BCUT2D eigenvalue weighted by Gasteiger charge is 2.24. The van der Waals surface area contributed by atoms with Crippen molar-refractivity contribution in [3.05, 3.63) is 59.8 Å². The lowest BCUT2D eigenvalue weighted by molar-refractivity contribution is 0.102. The summed E-state index contributed by atoms with van der Waals surface area (Å²) in [4.78, 5) is 17.5. The molecule has 0 aliphatic heterocycles. The number of carbonyl (C=O) groups excluding carboxylic acids is 1. The Bertz CT molecular complexity index is 1320. The molecule has 164 valence electrons. The Kier molecular flexibility index (Phi) is 5.00.